The fourth-order valence-electron chi connectivity index (χ4n) is 1.43. The van der Waals surface area contributed by atoms with E-state index >= 15 is 0 Å². The number of carboxylic acids is 2. The van der Waals surface area contributed by atoms with E-state index in [0.29, 0.717) is 6.29 Å². The molecule has 0 aliphatic rings. The summed E-state index contributed by atoms with van der Waals surface area (Å²) < 4.78 is 5.45. The SMILES string of the molecule is COc1c(C(=O)O)n(CC=O)cc(C(=O)O)c1=O. The fourth-order valence-corrected chi connectivity index (χ4v) is 1.43. The Morgan fingerprint density at radius 2 is 2.00 bits per heavy atom. The van der Waals surface area contributed by atoms with E-state index < -0.39 is 40.9 Å². The van der Waals surface area contributed by atoms with Crippen molar-refractivity contribution in [3.8, 4) is 5.75 Å². The van der Waals surface area contributed by atoms with E-state index in [4.69, 9.17) is 10.2 Å². The van der Waals surface area contributed by atoms with Gasteiger partial charge in [0.1, 0.15) is 11.8 Å². The molecule has 1 aromatic rings. The van der Waals surface area contributed by atoms with Gasteiger partial charge in [-0.15, -0.1) is 0 Å². The molecule has 0 atom stereocenters. The highest BCUT2D eigenvalue weighted by Gasteiger charge is 2.24. The van der Waals surface area contributed by atoms with Crippen molar-refractivity contribution < 1.29 is 29.3 Å². The molecule has 96 valence electrons. The molecule has 0 aliphatic carbocycles. The van der Waals surface area contributed by atoms with Gasteiger partial charge in [-0.25, -0.2) is 9.59 Å². The Labute approximate surface area is 100 Å². The van der Waals surface area contributed by atoms with Crippen LogP contribution in [-0.2, 0) is 11.3 Å². The summed E-state index contributed by atoms with van der Waals surface area (Å²) in [5.74, 6) is -3.65. The summed E-state index contributed by atoms with van der Waals surface area (Å²) in [6.07, 6.45) is 1.17. The summed E-state index contributed by atoms with van der Waals surface area (Å²) >= 11 is 0. The number of pyridine rings is 1. The zero-order valence-electron chi connectivity index (χ0n) is 9.24. The van der Waals surface area contributed by atoms with Gasteiger partial charge in [-0.2, -0.15) is 0 Å². The molecule has 1 rings (SSSR count). The second-order valence-electron chi connectivity index (χ2n) is 3.18. The number of carbonyl (C=O) groups excluding carboxylic acids is 1. The summed E-state index contributed by atoms with van der Waals surface area (Å²) in [6.45, 7) is -0.404. The van der Waals surface area contributed by atoms with E-state index in [0.717, 1.165) is 17.9 Å². The molecular formula is C10H9NO7. The first kappa shape index (κ1) is 13.4. The standard InChI is InChI=1S/C10H9NO7/c1-18-8-6(10(16)17)11(2-3-12)4-5(7(8)13)9(14)15/h3-4H,2H2,1H3,(H,14,15)(H,16,17). The minimum absolute atomic E-state index is 0.377. The summed E-state index contributed by atoms with van der Waals surface area (Å²) in [5, 5.41) is 17.8. The number of hydrogen-bond acceptors (Lipinski definition) is 5. The van der Waals surface area contributed by atoms with Crippen LogP contribution in [0.3, 0.4) is 0 Å². The van der Waals surface area contributed by atoms with Crippen molar-refractivity contribution in [2.45, 2.75) is 6.54 Å². The van der Waals surface area contributed by atoms with Crippen molar-refractivity contribution in [3.05, 3.63) is 27.7 Å². The smallest absolute Gasteiger partial charge is 0.356 e. The van der Waals surface area contributed by atoms with Crippen molar-refractivity contribution in [2.75, 3.05) is 7.11 Å². The quantitative estimate of drug-likeness (QED) is 0.676. The minimum Gasteiger partial charge on any atom is -0.491 e. The highest BCUT2D eigenvalue weighted by molar-refractivity contribution is 5.93. The van der Waals surface area contributed by atoms with Gasteiger partial charge in [-0.05, 0) is 0 Å². The largest absolute Gasteiger partial charge is 0.491 e. The molecule has 0 spiro atoms. The van der Waals surface area contributed by atoms with Gasteiger partial charge in [0, 0.05) is 6.20 Å². The van der Waals surface area contributed by atoms with Crippen LogP contribution in [-0.4, -0.2) is 40.1 Å². The number of nitrogens with zero attached hydrogens (tertiary/aromatic N) is 1. The van der Waals surface area contributed by atoms with Gasteiger partial charge in [-0.3, -0.25) is 4.79 Å². The summed E-state index contributed by atoms with van der Waals surface area (Å²) in [7, 11) is 1.04. The van der Waals surface area contributed by atoms with E-state index in [-0.39, 0.29) is 0 Å². The van der Waals surface area contributed by atoms with Crippen molar-refractivity contribution in [2.24, 2.45) is 0 Å². The Balaban J connectivity index is 3.74. The van der Waals surface area contributed by atoms with E-state index in [9.17, 15) is 19.2 Å². The Hall–Kier alpha value is -2.64. The molecule has 0 aliphatic heterocycles. The molecule has 1 aromatic heterocycles. The Morgan fingerprint density at radius 1 is 1.39 bits per heavy atom. The third-order valence-electron chi connectivity index (χ3n) is 2.15. The van der Waals surface area contributed by atoms with Crippen LogP contribution >= 0.6 is 0 Å². The summed E-state index contributed by atoms with van der Waals surface area (Å²) in [5.41, 5.74) is -2.29. The lowest BCUT2D eigenvalue weighted by Crippen LogP contribution is -2.25. The van der Waals surface area contributed by atoms with Gasteiger partial charge >= 0.3 is 11.9 Å². The number of carbonyl (C=O) groups is 3. The van der Waals surface area contributed by atoms with Crippen molar-refractivity contribution >= 4 is 18.2 Å². The lowest BCUT2D eigenvalue weighted by molar-refractivity contribution is -0.108. The maximum absolute atomic E-state index is 11.7. The Kier molecular flexibility index (Phi) is 3.82. The minimum atomic E-state index is -1.53. The topological polar surface area (TPSA) is 123 Å². The van der Waals surface area contributed by atoms with Crippen LogP contribution < -0.4 is 10.2 Å². The molecule has 8 heteroatoms. The predicted molar refractivity (Wildman–Crippen MR) is 57.2 cm³/mol. The third kappa shape index (κ3) is 2.21. The summed E-state index contributed by atoms with van der Waals surface area (Å²) in [4.78, 5) is 43.9. The van der Waals surface area contributed by atoms with E-state index in [1.165, 1.54) is 0 Å². The molecule has 18 heavy (non-hydrogen) atoms. The zero-order chi connectivity index (χ0) is 13.9. The third-order valence-corrected chi connectivity index (χ3v) is 2.15. The second-order valence-corrected chi connectivity index (χ2v) is 3.18. The number of methoxy groups -OCH3 is 1. The number of carboxylic acid groups (broad SMARTS) is 2. The number of aromatic nitrogens is 1. The van der Waals surface area contributed by atoms with E-state index in [1.807, 2.05) is 0 Å². The maximum Gasteiger partial charge on any atom is 0.356 e. The Bertz CT molecular complexity index is 572. The van der Waals surface area contributed by atoms with E-state index in [1.54, 1.807) is 0 Å². The van der Waals surface area contributed by atoms with Crippen LogP contribution in [0.15, 0.2) is 11.0 Å². The lowest BCUT2D eigenvalue weighted by Gasteiger charge is -2.12. The zero-order valence-corrected chi connectivity index (χ0v) is 9.24. The average molecular weight is 255 g/mol. The van der Waals surface area contributed by atoms with Crippen molar-refractivity contribution in [1.29, 1.82) is 0 Å². The molecule has 0 radical (unpaired) electrons. The van der Waals surface area contributed by atoms with Crippen molar-refractivity contribution in [1.82, 2.24) is 4.57 Å². The molecule has 0 bridgehead atoms. The van der Waals surface area contributed by atoms with Crippen molar-refractivity contribution in [3.63, 3.8) is 0 Å². The number of rotatable bonds is 5. The first-order chi connectivity index (χ1) is 8.43. The van der Waals surface area contributed by atoms with E-state index in [2.05, 4.69) is 4.74 Å². The maximum atomic E-state index is 11.7. The molecule has 8 nitrogen and oxygen atoms in total. The van der Waals surface area contributed by atoms with Crippen LogP contribution in [0.4, 0.5) is 0 Å². The second kappa shape index (κ2) is 5.13. The highest BCUT2D eigenvalue weighted by atomic mass is 16.5. The molecular weight excluding hydrogens is 246 g/mol. The van der Waals surface area contributed by atoms with Crippen LogP contribution in [0.25, 0.3) is 0 Å². The molecule has 0 saturated carbocycles. The summed E-state index contributed by atoms with van der Waals surface area (Å²) in [6, 6.07) is 0. The van der Waals surface area contributed by atoms with Crippen LogP contribution in [0.1, 0.15) is 20.8 Å². The van der Waals surface area contributed by atoms with Gasteiger partial charge in [0.05, 0.1) is 13.7 Å². The van der Waals surface area contributed by atoms with Gasteiger partial charge in [0.15, 0.2) is 11.4 Å². The monoisotopic (exact) mass is 255 g/mol. The molecule has 0 aromatic carbocycles. The van der Waals surface area contributed by atoms with Crippen LogP contribution in [0, 0.1) is 0 Å². The molecule has 0 amide bonds. The van der Waals surface area contributed by atoms with Crippen LogP contribution in [0.5, 0.6) is 5.75 Å². The lowest BCUT2D eigenvalue weighted by atomic mass is 10.2. The van der Waals surface area contributed by atoms with Crippen LogP contribution in [0.2, 0.25) is 0 Å². The number of ether oxygens (including phenoxy) is 1. The van der Waals surface area contributed by atoms with Gasteiger partial charge in [-0.1, -0.05) is 0 Å². The van der Waals surface area contributed by atoms with Gasteiger partial charge < -0.3 is 24.3 Å². The predicted octanol–water partition coefficient (Wildman–Crippen LogP) is -0.548. The first-order valence-corrected chi connectivity index (χ1v) is 4.65. The molecule has 0 saturated heterocycles. The van der Waals surface area contributed by atoms with Gasteiger partial charge in [0.2, 0.25) is 5.43 Å². The molecule has 0 fully saturated rings. The number of hydrogen-bond donors (Lipinski definition) is 2. The molecule has 2 N–H and O–H groups in total. The number of aromatic carboxylic acids is 2. The fraction of sp³-hybridized carbons (Fsp3) is 0.200. The molecule has 1 heterocycles. The average Bonchev–Trinajstić information content (AvgIpc) is 2.29. The van der Waals surface area contributed by atoms with Gasteiger partial charge in [0.25, 0.3) is 0 Å². The first-order valence-electron chi connectivity index (χ1n) is 4.65. The number of aldehydes is 1. The Morgan fingerprint density at radius 3 is 2.39 bits per heavy atom. The molecule has 0 unspecified atom stereocenters. The normalized spacial score (nSPS) is 9.83. The highest BCUT2D eigenvalue weighted by Crippen LogP contribution is 2.14.